The molecular formula is C22H28N2O4. The van der Waals surface area contributed by atoms with E-state index >= 15 is 0 Å². The van der Waals surface area contributed by atoms with Crippen molar-refractivity contribution in [2.75, 3.05) is 13.2 Å². The molecule has 1 aromatic heterocycles. The smallest absolute Gasteiger partial charge is 0.254 e. The van der Waals surface area contributed by atoms with Gasteiger partial charge in [-0.15, -0.1) is 0 Å². The van der Waals surface area contributed by atoms with Gasteiger partial charge in [-0.3, -0.25) is 14.9 Å². The Morgan fingerprint density at radius 2 is 1.86 bits per heavy atom. The third kappa shape index (κ3) is 5.07. The lowest BCUT2D eigenvalue weighted by molar-refractivity contribution is -0.487. The molecule has 150 valence electrons. The molecule has 1 aliphatic carbocycles. The van der Waals surface area contributed by atoms with E-state index in [4.69, 9.17) is 4.74 Å². The van der Waals surface area contributed by atoms with E-state index in [1.807, 2.05) is 13.0 Å². The largest absolute Gasteiger partial charge is 0.376 e. The van der Waals surface area contributed by atoms with Crippen molar-refractivity contribution in [1.29, 1.82) is 0 Å². The summed E-state index contributed by atoms with van der Waals surface area (Å²) in [6.07, 6.45) is 6.32. The van der Waals surface area contributed by atoms with E-state index in [0.717, 1.165) is 25.7 Å². The first-order valence-corrected chi connectivity index (χ1v) is 10.1. The van der Waals surface area contributed by atoms with Crippen LogP contribution in [0.1, 0.15) is 55.7 Å². The van der Waals surface area contributed by atoms with Gasteiger partial charge in [-0.05, 0) is 49.7 Å². The van der Waals surface area contributed by atoms with Gasteiger partial charge in [-0.1, -0.05) is 43.3 Å². The third-order valence-electron chi connectivity index (χ3n) is 5.66. The lowest BCUT2D eigenvalue weighted by atomic mass is 9.83. The Bertz CT molecular complexity index is 826. The summed E-state index contributed by atoms with van der Waals surface area (Å²) >= 11 is 0. The first-order chi connectivity index (χ1) is 13.6. The van der Waals surface area contributed by atoms with Crippen molar-refractivity contribution < 1.29 is 9.66 Å². The fourth-order valence-corrected chi connectivity index (χ4v) is 4.04. The predicted molar refractivity (Wildman–Crippen MR) is 108 cm³/mol. The number of hydrogen-bond acceptors (Lipinski definition) is 4. The molecule has 28 heavy (non-hydrogen) atoms. The first kappa shape index (κ1) is 20.3. The summed E-state index contributed by atoms with van der Waals surface area (Å²) in [5.41, 5.74) is 1.88. The van der Waals surface area contributed by atoms with Crippen molar-refractivity contribution in [2.24, 2.45) is 0 Å². The summed E-state index contributed by atoms with van der Waals surface area (Å²) in [6, 6.07) is 13.5. The molecule has 0 aliphatic heterocycles. The second-order valence-corrected chi connectivity index (χ2v) is 7.49. The lowest BCUT2D eigenvalue weighted by Crippen LogP contribution is -2.34. The maximum absolute atomic E-state index is 12.6. The molecule has 0 N–H and O–H groups in total. The number of ether oxygens (including phenoxy) is 1. The maximum atomic E-state index is 12.6. The van der Waals surface area contributed by atoms with E-state index in [1.165, 1.54) is 10.1 Å². The predicted octanol–water partition coefficient (Wildman–Crippen LogP) is 3.97. The van der Waals surface area contributed by atoms with E-state index in [1.54, 1.807) is 18.3 Å². The number of aryl methyl sites for hydroxylation is 1. The minimum Gasteiger partial charge on any atom is -0.376 e. The number of nitro groups is 1. The van der Waals surface area contributed by atoms with Crippen molar-refractivity contribution in [2.45, 2.75) is 57.1 Å². The number of rotatable bonds is 8. The zero-order valence-corrected chi connectivity index (χ0v) is 16.3. The van der Waals surface area contributed by atoms with Gasteiger partial charge in [0.05, 0.1) is 12.7 Å². The molecule has 6 heteroatoms. The fourth-order valence-electron chi connectivity index (χ4n) is 4.04. The van der Waals surface area contributed by atoms with Crippen LogP contribution in [0, 0.1) is 10.1 Å². The third-order valence-corrected chi connectivity index (χ3v) is 5.66. The van der Waals surface area contributed by atoms with Crippen molar-refractivity contribution in [1.82, 2.24) is 4.57 Å². The van der Waals surface area contributed by atoms with Crippen molar-refractivity contribution in [3.05, 3.63) is 80.3 Å². The highest BCUT2D eigenvalue weighted by Crippen LogP contribution is 2.34. The molecule has 6 nitrogen and oxygen atoms in total. The summed E-state index contributed by atoms with van der Waals surface area (Å²) in [4.78, 5) is 23.3. The molecule has 3 rings (SSSR count). The summed E-state index contributed by atoms with van der Waals surface area (Å²) in [5.74, 6) is 0.555. The maximum Gasteiger partial charge on any atom is 0.254 e. The highest BCUT2D eigenvalue weighted by atomic mass is 16.6. The molecule has 0 spiro atoms. The number of hydrogen-bond donors (Lipinski definition) is 0. The van der Waals surface area contributed by atoms with Crippen LogP contribution in [-0.2, 0) is 11.2 Å². The van der Waals surface area contributed by atoms with Crippen LogP contribution in [-0.4, -0.2) is 28.7 Å². The average molecular weight is 384 g/mol. The second-order valence-electron chi connectivity index (χ2n) is 7.49. The van der Waals surface area contributed by atoms with Gasteiger partial charge in [0.25, 0.3) is 5.56 Å². The zero-order valence-electron chi connectivity index (χ0n) is 16.3. The fraction of sp³-hybridized carbons (Fsp3) is 0.500. The van der Waals surface area contributed by atoms with Gasteiger partial charge in [-0.25, -0.2) is 0 Å². The highest BCUT2D eigenvalue weighted by Gasteiger charge is 2.26. The quantitative estimate of drug-likeness (QED) is 0.510. The average Bonchev–Trinajstić information content (AvgIpc) is 2.72. The highest BCUT2D eigenvalue weighted by molar-refractivity contribution is 5.20. The molecule has 1 aromatic carbocycles. The molecular weight excluding hydrogens is 356 g/mol. The van der Waals surface area contributed by atoms with Gasteiger partial charge in [0, 0.05) is 16.7 Å². The monoisotopic (exact) mass is 384 g/mol. The summed E-state index contributed by atoms with van der Waals surface area (Å²) < 4.78 is 7.52. The van der Waals surface area contributed by atoms with E-state index in [2.05, 4.69) is 24.3 Å². The minimum absolute atomic E-state index is 0.0966. The molecule has 1 fully saturated rings. The van der Waals surface area contributed by atoms with E-state index in [0.29, 0.717) is 17.9 Å². The Labute approximate surface area is 165 Å². The van der Waals surface area contributed by atoms with E-state index < -0.39 is 6.04 Å². The Morgan fingerprint density at radius 1 is 1.14 bits per heavy atom. The molecule has 2 aromatic rings. The lowest BCUT2D eigenvalue weighted by Gasteiger charge is -2.30. The molecule has 0 saturated heterocycles. The van der Waals surface area contributed by atoms with Crippen molar-refractivity contribution in [3.63, 3.8) is 0 Å². The van der Waals surface area contributed by atoms with Crippen molar-refractivity contribution in [3.8, 4) is 0 Å². The number of pyridine rings is 1. The molecule has 1 saturated carbocycles. The standard InChI is InChI=1S/C22H28N2O4/c1-2-17-9-6-14-23(22(17)25)20(15-24(26)27)16-28-21-12-10-19(11-13-21)18-7-4-3-5-8-18/h3-9,14,19-21H,2,10-13,15-16H2,1H3/t19-,20?,21+. The van der Waals surface area contributed by atoms with Gasteiger partial charge in [0.15, 0.2) is 0 Å². The number of aromatic nitrogens is 1. The Kier molecular flexibility index (Phi) is 6.98. The van der Waals surface area contributed by atoms with E-state index in [9.17, 15) is 14.9 Å². The van der Waals surface area contributed by atoms with Crippen LogP contribution in [0.15, 0.2) is 53.5 Å². The summed E-state index contributed by atoms with van der Waals surface area (Å²) in [7, 11) is 0. The Morgan fingerprint density at radius 3 is 2.50 bits per heavy atom. The van der Waals surface area contributed by atoms with Gasteiger partial charge in [0.2, 0.25) is 6.54 Å². The molecule has 1 atom stereocenters. The first-order valence-electron chi connectivity index (χ1n) is 10.1. The molecule has 0 radical (unpaired) electrons. The van der Waals surface area contributed by atoms with Crippen LogP contribution in [0.4, 0.5) is 0 Å². The van der Waals surface area contributed by atoms with Crippen LogP contribution in [0.3, 0.4) is 0 Å². The van der Waals surface area contributed by atoms with Crippen LogP contribution < -0.4 is 5.56 Å². The Balaban J connectivity index is 1.61. The minimum atomic E-state index is -0.583. The van der Waals surface area contributed by atoms with Gasteiger partial charge >= 0.3 is 0 Å². The Hall–Kier alpha value is -2.47. The second kappa shape index (κ2) is 9.64. The van der Waals surface area contributed by atoms with Crippen LogP contribution in [0.25, 0.3) is 0 Å². The van der Waals surface area contributed by atoms with Crippen LogP contribution in [0.5, 0.6) is 0 Å². The van der Waals surface area contributed by atoms with Crippen LogP contribution >= 0.6 is 0 Å². The number of benzene rings is 1. The molecule has 1 unspecified atom stereocenters. The normalized spacial score (nSPS) is 20.6. The summed E-state index contributed by atoms with van der Waals surface area (Å²) in [6.45, 7) is 1.78. The van der Waals surface area contributed by atoms with Crippen LogP contribution in [0.2, 0.25) is 0 Å². The topological polar surface area (TPSA) is 74.4 Å². The molecule has 1 aliphatic rings. The molecule has 0 amide bonds. The SMILES string of the molecule is CCc1cccn(C(CO[C@H]2CC[C@@H](c3ccccc3)CC2)C[N+](=O)[O-])c1=O. The van der Waals surface area contributed by atoms with Gasteiger partial charge in [-0.2, -0.15) is 0 Å². The number of nitrogens with zero attached hydrogens (tertiary/aromatic N) is 2. The summed E-state index contributed by atoms with van der Waals surface area (Å²) in [5, 5.41) is 11.1. The molecule has 1 heterocycles. The van der Waals surface area contributed by atoms with E-state index in [-0.39, 0.29) is 29.7 Å². The van der Waals surface area contributed by atoms with Gasteiger partial charge in [0.1, 0.15) is 6.04 Å². The van der Waals surface area contributed by atoms with Gasteiger partial charge < -0.3 is 9.30 Å². The molecule has 0 bridgehead atoms. The van der Waals surface area contributed by atoms with Crippen molar-refractivity contribution >= 4 is 0 Å². The zero-order chi connectivity index (χ0) is 19.9.